The minimum atomic E-state index is -1.03. The van der Waals surface area contributed by atoms with Crippen LogP contribution in [-0.2, 0) is 22.3 Å². The minimum Gasteiger partial charge on any atom is -0.360 e. The van der Waals surface area contributed by atoms with E-state index in [1.54, 1.807) is 22.7 Å². The zero-order valence-electron chi connectivity index (χ0n) is 10.7. The van der Waals surface area contributed by atoms with Gasteiger partial charge in [0.25, 0.3) is 0 Å². The van der Waals surface area contributed by atoms with Gasteiger partial charge in [-0.1, -0.05) is 5.16 Å². The highest BCUT2D eigenvalue weighted by Gasteiger charge is 2.11. The number of nitrogens with zero attached hydrogens (tertiary/aromatic N) is 2. The molecule has 4 nitrogen and oxygen atoms in total. The molecule has 7 heteroatoms. The average Bonchev–Trinajstić information content (AvgIpc) is 3.10. The van der Waals surface area contributed by atoms with E-state index in [4.69, 9.17) is 4.52 Å². The predicted octanol–water partition coefficient (Wildman–Crippen LogP) is 3.62. The molecule has 0 radical (unpaired) electrons. The van der Waals surface area contributed by atoms with Gasteiger partial charge >= 0.3 is 0 Å². The number of thiophene rings is 1. The predicted molar refractivity (Wildman–Crippen MR) is 82.2 cm³/mol. The largest absolute Gasteiger partial charge is 0.360 e. The van der Waals surface area contributed by atoms with Crippen molar-refractivity contribution in [2.45, 2.75) is 18.4 Å². The van der Waals surface area contributed by atoms with Crippen molar-refractivity contribution in [3.63, 3.8) is 0 Å². The normalized spacial score (nSPS) is 12.7. The molecule has 3 aromatic rings. The maximum atomic E-state index is 12.1. The summed E-state index contributed by atoms with van der Waals surface area (Å²) in [6.45, 7) is 1.85. The number of thiazole rings is 1. The third kappa shape index (κ3) is 3.23. The van der Waals surface area contributed by atoms with E-state index in [9.17, 15) is 4.21 Å². The molecule has 0 saturated carbocycles. The molecule has 0 spiro atoms. The molecule has 1 atom stereocenters. The smallest absolute Gasteiger partial charge is 0.149 e. The molecular formula is C13H12N2O2S3. The Hall–Kier alpha value is -1.31. The lowest BCUT2D eigenvalue weighted by molar-refractivity contribution is 0.390. The van der Waals surface area contributed by atoms with E-state index >= 15 is 0 Å². The first kappa shape index (κ1) is 13.7. The van der Waals surface area contributed by atoms with Crippen molar-refractivity contribution in [1.29, 1.82) is 0 Å². The number of hydrogen-bond donors (Lipinski definition) is 0. The molecule has 0 unspecified atom stereocenters. The van der Waals surface area contributed by atoms with E-state index < -0.39 is 10.8 Å². The number of aromatic nitrogens is 2. The second-order valence-electron chi connectivity index (χ2n) is 4.32. The molecule has 0 bridgehead atoms. The van der Waals surface area contributed by atoms with Crippen molar-refractivity contribution in [1.82, 2.24) is 10.1 Å². The fourth-order valence-electron chi connectivity index (χ4n) is 1.75. The third-order valence-corrected chi connectivity index (χ3v) is 5.46. The van der Waals surface area contributed by atoms with Crippen LogP contribution in [0, 0.1) is 6.92 Å². The molecule has 0 aromatic carbocycles. The summed E-state index contributed by atoms with van der Waals surface area (Å²) in [5.41, 5.74) is 2.80. The van der Waals surface area contributed by atoms with Crippen molar-refractivity contribution in [2.24, 2.45) is 0 Å². The van der Waals surface area contributed by atoms with Crippen molar-refractivity contribution in [3.05, 3.63) is 45.4 Å². The van der Waals surface area contributed by atoms with Crippen LogP contribution in [0.5, 0.6) is 0 Å². The molecule has 0 fully saturated rings. The molecule has 3 aromatic heterocycles. The molecule has 0 N–H and O–H groups in total. The molecule has 0 saturated heterocycles. The fraction of sp³-hybridized carbons (Fsp3) is 0.231. The van der Waals surface area contributed by atoms with Crippen molar-refractivity contribution < 1.29 is 8.73 Å². The summed E-state index contributed by atoms with van der Waals surface area (Å²) in [5.74, 6) is 1.49. The van der Waals surface area contributed by atoms with Gasteiger partial charge in [0.05, 0.1) is 22.9 Å². The van der Waals surface area contributed by atoms with Crippen molar-refractivity contribution in [3.8, 4) is 10.6 Å². The molecular weight excluding hydrogens is 312 g/mol. The first-order valence-corrected chi connectivity index (χ1v) is 9.26. The van der Waals surface area contributed by atoms with E-state index in [0.29, 0.717) is 17.3 Å². The third-order valence-electron chi connectivity index (χ3n) is 2.61. The molecule has 0 aliphatic rings. The summed E-state index contributed by atoms with van der Waals surface area (Å²) >= 11 is 3.23. The fourth-order valence-corrected chi connectivity index (χ4v) is 4.42. The lowest BCUT2D eigenvalue weighted by Crippen LogP contribution is -1.99. The monoisotopic (exact) mass is 324 g/mol. The first-order chi connectivity index (χ1) is 9.70. The minimum absolute atomic E-state index is 0.381. The van der Waals surface area contributed by atoms with Gasteiger partial charge < -0.3 is 4.52 Å². The standard InChI is InChI=1S/C13H12N2O2S3/c1-9-4-12(17-15-9)8-20(16)7-11-6-19-13(14-11)10-2-3-18-5-10/h2-6H,7-8H2,1H3/t20-/m0/s1. The second-order valence-corrected chi connectivity index (χ2v) is 7.41. The summed E-state index contributed by atoms with van der Waals surface area (Å²) in [7, 11) is -1.03. The van der Waals surface area contributed by atoms with Crippen LogP contribution in [0.2, 0.25) is 0 Å². The lowest BCUT2D eigenvalue weighted by atomic mass is 10.4. The van der Waals surface area contributed by atoms with Crippen LogP contribution in [0.4, 0.5) is 0 Å². The van der Waals surface area contributed by atoms with Gasteiger partial charge in [0, 0.05) is 33.2 Å². The Labute approximate surface area is 126 Å². The van der Waals surface area contributed by atoms with Crippen LogP contribution in [0.1, 0.15) is 17.1 Å². The summed E-state index contributed by atoms with van der Waals surface area (Å²) in [6.07, 6.45) is 0. The Balaban J connectivity index is 1.64. The zero-order chi connectivity index (χ0) is 13.9. The summed E-state index contributed by atoms with van der Waals surface area (Å²) in [4.78, 5) is 4.53. The number of aryl methyl sites for hydroxylation is 1. The highest BCUT2D eigenvalue weighted by atomic mass is 32.2. The Kier molecular flexibility index (Phi) is 4.09. The topological polar surface area (TPSA) is 56.0 Å². The SMILES string of the molecule is Cc1cc(C[S@@](=O)Cc2csc(-c3ccsc3)n2)on1. The maximum Gasteiger partial charge on any atom is 0.149 e. The van der Waals surface area contributed by atoms with Gasteiger partial charge in [-0.15, -0.1) is 11.3 Å². The van der Waals surface area contributed by atoms with E-state index in [1.807, 2.05) is 29.8 Å². The zero-order valence-corrected chi connectivity index (χ0v) is 13.2. The lowest BCUT2D eigenvalue weighted by Gasteiger charge is -1.96. The quantitative estimate of drug-likeness (QED) is 0.719. The van der Waals surface area contributed by atoms with Crippen LogP contribution < -0.4 is 0 Å². The Morgan fingerprint density at radius 2 is 2.25 bits per heavy atom. The highest BCUT2D eigenvalue weighted by molar-refractivity contribution is 7.83. The van der Waals surface area contributed by atoms with Gasteiger partial charge in [0.1, 0.15) is 10.8 Å². The van der Waals surface area contributed by atoms with Crippen molar-refractivity contribution >= 4 is 33.5 Å². The van der Waals surface area contributed by atoms with Crippen LogP contribution in [0.25, 0.3) is 10.6 Å². The summed E-state index contributed by atoms with van der Waals surface area (Å²) in [6, 6.07) is 3.86. The average molecular weight is 324 g/mol. The second kappa shape index (κ2) is 5.99. The molecule has 0 amide bonds. The van der Waals surface area contributed by atoms with Crippen LogP contribution in [-0.4, -0.2) is 14.3 Å². The van der Waals surface area contributed by atoms with Crippen molar-refractivity contribution in [2.75, 3.05) is 0 Å². The molecule has 20 heavy (non-hydrogen) atoms. The van der Waals surface area contributed by atoms with Crippen LogP contribution >= 0.6 is 22.7 Å². The molecule has 0 aliphatic heterocycles. The number of rotatable bonds is 5. The Bertz CT molecular complexity index is 716. The summed E-state index contributed by atoms with van der Waals surface area (Å²) < 4.78 is 17.2. The van der Waals surface area contributed by atoms with E-state index in [2.05, 4.69) is 15.5 Å². The van der Waals surface area contributed by atoms with Gasteiger partial charge in [0.15, 0.2) is 0 Å². The van der Waals surface area contributed by atoms with Crippen LogP contribution in [0.15, 0.2) is 32.8 Å². The van der Waals surface area contributed by atoms with E-state index in [-0.39, 0.29) is 0 Å². The van der Waals surface area contributed by atoms with E-state index in [1.165, 1.54) is 0 Å². The first-order valence-electron chi connectivity index (χ1n) is 5.95. The van der Waals surface area contributed by atoms with Gasteiger partial charge in [-0.05, 0) is 18.4 Å². The van der Waals surface area contributed by atoms with Gasteiger partial charge in [-0.25, -0.2) is 4.98 Å². The Morgan fingerprint density at radius 3 is 2.95 bits per heavy atom. The van der Waals surface area contributed by atoms with Gasteiger partial charge in [-0.2, -0.15) is 11.3 Å². The molecule has 0 aliphatic carbocycles. The van der Waals surface area contributed by atoms with Gasteiger partial charge in [0.2, 0.25) is 0 Å². The molecule has 104 valence electrons. The number of hydrogen-bond acceptors (Lipinski definition) is 6. The van der Waals surface area contributed by atoms with Gasteiger partial charge in [-0.3, -0.25) is 4.21 Å². The maximum absolute atomic E-state index is 12.1. The summed E-state index contributed by atoms with van der Waals surface area (Å²) in [5, 5.41) is 10.8. The highest BCUT2D eigenvalue weighted by Crippen LogP contribution is 2.26. The molecule has 3 heterocycles. The Morgan fingerprint density at radius 1 is 1.35 bits per heavy atom. The van der Waals surface area contributed by atoms with E-state index in [0.717, 1.165) is 22.0 Å². The molecule has 3 rings (SSSR count). The van der Waals surface area contributed by atoms with Crippen LogP contribution in [0.3, 0.4) is 0 Å².